The summed E-state index contributed by atoms with van der Waals surface area (Å²) in [4.78, 5) is 40.7. The highest BCUT2D eigenvalue weighted by Crippen LogP contribution is 2.27. The molecule has 2 aromatic rings. The van der Waals surface area contributed by atoms with Crippen LogP contribution in [0.5, 0.6) is 0 Å². The van der Waals surface area contributed by atoms with Gasteiger partial charge in [-0.25, -0.2) is 4.98 Å². The smallest absolute Gasteiger partial charge is 0.243 e. The van der Waals surface area contributed by atoms with E-state index in [4.69, 9.17) is 0 Å². The van der Waals surface area contributed by atoms with Gasteiger partial charge in [0.1, 0.15) is 6.04 Å². The van der Waals surface area contributed by atoms with Crippen molar-refractivity contribution in [1.82, 2.24) is 20.5 Å². The number of rotatable bonds is 7. The summed E-state index contributed by atoms with van der Waals surface area (Å²) in [6.45, 7) is 20.1. The largest absolute Gasteiger partial charge is 0.356 e. The number of carbonyl (C=O) groups excluding carboxylic acids is 3. The molecule has 7 nitrogen and oxygen atoms in total. The Labute approximate surface area is 228 Å². The third kappa shape index (κ3) is 13.4. The van der Waals surface area contributed by atoms with Crippen LogP contribution in [0.25, 0.3) is 10.4 Å². The summed E-state index contributed by atoms with van der Waals surface area (Å²) in [5, 5.41) is 5.63. The zero-order valence-corrected chi connectivity index (χ0v) is 25.1. The molecule has 0 aliphatic carbocycles. The Morgan fingerprint density at radius 3 is 2.14 bits per heavy atom. The van der Waals surface area contributed by atoms with Crippen molar-refractivity contribution in [2.45, 2.75) is 87.7 Å². The second kappa shape index (κ2) is 19.4. The number of benzene rings is 1. The molecule has 0 spiro atoms. The van der Waals surface area contributed by atoms with Gasteiger partial charge in [-0.2, -0.15) is 0 Å². The zero-order valence-electron chi connectivity index (χ0n) is 24.3. The zero-order chi connectivity index (χ0) is 28.4. The summed E-state index contributed by atoms with van der Waals surface area (Å²) in [5.74, 6) is 1.01. The van der Waals surface area contributed by atoms with Gasteiger partial charge in [-0.3, -0.25) is 14.4 Å². The van der Waals surface area contributed by atoms with E-state index in [1.54, 1.807) is 16.2 Å². The van der Waals surface area contributed by atoms with E-state index in [2.05, 4.69) is 48.5 Å². The number of hydrogen-bond acceptors (Lipinski definition) is 5. The Morgan fingerprint density at radius 2 is 1.70 bits per heavy atom. The van der Waals surface area contributed by atoms with Crippen molar-refractivity contribution in [3.05, 3.63) is 41.0 Å². The highest BCUT2D eigenvalue weighted by Gasteiger charge is 2.29. The van der Waals surface area contributed by atoms with Crippen LogP contribution >= 0.6 is 11.3 Å². The summed E-state index contributed by atoms with van der Waals surface area (Å²) in [6, 6.07) is 7.82. The SMILES string of the molecule is CC.CC(C)C.CCNC(=O)C(C)C.Cc1ncsc1-c1ccc(CNC(=O)C2CCCN2C=O)cc1. The third-order valence-electron chi connectivity index (χ3n) is 5.04. The van der Waals surface area contributed by atoms with Gasteiger partial charge in [0.25, 0.3) is 0 Å². The first-order valence-corrected chi connectivity index (χ1v) is 14.2. The summed E-state index contributed by atoms with van der Waals surface area (Å²) in [7, 11) is 0. The lowest BCUT2D eigenvalue weighted by Crippen LogP contribution is -2.42. The minimum atomic E-state index is -0.313. The molecule has 1 fully saturated rings. The highest BCUT2D eigenvalue weighted by atomic mass is 32.1. The van der Waals surface area contributed by atoms with Crippen molar-refractivity contribution in [3.63, 3.8) is 0 Å². The van der Waals surface area contributed by atoms with E-state index < -0.39 is 0 Å². The van der Waals surface area contributed by atoms with Gasteiger partial charge in [-0.15, -0.1) is 11.3 Å². The first kappa shape index (κ1) is 34.3. The van der Waals surface area contributed by atoms with E-state index in [-0.39, 0.29) is 23.8 Å². The average Bonchev–Trinajstić information content (AvgIpc) is 3.53. The molecule has 0 radical (unpaired) electrons. The topological polar surface area (TPSA) is 91.4 Å². The van der Waals surface area contributed by atoms with Crippen LogP contribution in [0.1, 0.15) is 79.5 Å². The number of nitrogens with one attached hydrogen (secondary N) is 2. The molecular weight excluding hydrogens is 484 g/mol. The molecule has 1 aliphatic heterocycles. The number of aryl methyl sites for hydroxylation is 1. The van der Waals surface area contributed by atoms with Crippen molar-refractivity contribution >= 4 is 29.6 Å². The highest BCUT2D eigenvalue weighted by molar-refractivity contribution is 7.13. The lowest BCUT2D eigenvalue weighted by atomic mass is 10.1. The Morgan fingerprint density at radius 1 is 1.11 bits per heavy atom. The summed E-state index contributed by atoms with van der Waals surface area (Å²) in [6.07, 6.45) is 2.40. The lowest BCUT2D eigenvalue weighted by Gasteiger charge is -2.19. The van der Waals surface area contributed by atoms with Gasteiger partial charge in [-0.05, 0) is 43.7 Å². The van der Waals surface area contributed by atoms with Crippen LogP contribution in [0.15, 0.2) is 29.8 Å². The van der Waals surface area contributed by atoms with Crippen LogP contribution in [-0.4, -0.2) is 47.2 Å². The van der Waals surface area contributed by atoms with Crippen LogP contribution in [0.3, 0.4) is 0 Å². The molecule has 1 aliphatic rings. The van der Waals surface area contributed by atoms with Crippen molar-refractivity contribution in [1.29, 1.82) is 0 Å². The standard InChI is InChI=1S/C17H19N3O2S.C6H13NO.C4H10.C2H6/c1-12-16(23-10-19-12)14-6-4-13(5-7-14)9-18-17(22)15-3-2-8-20(15)11-21;1-4-7-6(8)5(2)3;1-4(2)3;1-2/h4-7,10-11,15H,2-3,8-9H2,1H3,(H,18,22);5H,4H2,1-3H3,(H,7,8);4H,1-3H3;1-2H3. The maximum atomic E-state index is 12.2. The molecule has 1 atom stereocenters. The van der Waals surface area contributed by atoms with Crippen molar-refractivity contribution in [3.8, 4) is 10.4 Å². The lowest BCUT2D eigenvalue weighted by molar-refractivity contribution is -0.131. The number of amides is 3. The van der Waals surface area contributed by atoms with Crippen molar-refractivity contribution in [2.75, 3.05) is 13.1 Å². The fraction of sp³-hybridized carbons (Fsp3) is 0.586. The van der Waals surface area contributed by atoms with E-state index in [1.165, 1.54) is 4.88 Å². The molecular formula is C29H48N4O3S. The molecule has 1 unspecified atom stereocenters. The molecule has 0 saturated carbocycles. The van der Waals surface area contributed by atoms with Gasteiger partial charge in [-0.1, -0.05) is 72.7 Å². The van der Waals surface area contributed by atoms with Gasteiger partial charge >= 0.3 is 0 Å². The maximum absolute atomic E-state index is 12.2. The van der Waals surface area contributed by atoms with Gasteiger partial charge in [0.2, 0.25) is 18.2 Å². The first-order chi connectivity index (χ1) is 17.6. The molecule has 2 heterocycles. The molecule has 0 bridgehead atoms. The van der Waals surface area contributed by atoms with Crippen molar-refractivity contribution in [2.24, 2.45) is 11.8 Å². The second-order valence-electron chi connectivity index (χ2n) is 9.46. The third-order valence-corrected chi connectivity index (χ3v) is 6.01. The molecule has 1 aromatic heterocycles. The number of likely N-dealkylation sites (tertiary alicyclic amines) is 1. The molecule has 8 heteroatoms. The quantitative estimate of drug-likeness (QED) is 0.440. The first-order valence-electron chi connectivity index (χ1n) is 13.4. The van der Waals surface area contributed by atoms with E-state index in [1.807, 2.05) is 59.2 Å². The molecule has 37 heavy (non-hydrogen) atoms. The monoisotopic (exact) mass is 532 g/mol. The Bertz CT molecular complexity index is 907. The normalized spacial score (nSPS) is 13.9. The number of aromatic nitrogens is 1. The fourth-order valence-electron chi connectivity index (χ4n) is 3.24. The summed E-state index contributed by atoms with van der Waals surface area (Å²) >= 11 is 1.63. The molecule has 3 amide bonds. The maximum Gasteiger partial charge on any atom is 0.243 e. The van der Waals surface area contributed by atoms with Gasteiger partial charge < -0.3 is 15.5 Å². The van der Waals surface area contributed by atoms with Gasteiger partial charge in [0.15, 0.2) is 0 Å². The summed E-state index contributed by atoms with van der Waals surface area (Å²) < 4.78 is 0. The van der Waals surface area contributed by atoms with E-state index in [0.717, 1.165) is 48.5 Å². The molecule has 1 saturated heterocycles. The van der Waals surface area contributed by atoms with Gasteiger partial charge in [0, 0.05) is 25.6 Å². The van der Waals surface area contributed by atoms with Gasteiger partial charge in [0.05, 0.1) is 16.1 Å². The predicted molar refractivity (Wildman–Crippen MR) is 155 cm³/mol. The Hall–Kier alpha value is -2.74. The molecule has 3 rings (SSSR count). The van der Waals surface area contributed by atoms with Crippen LogP contribution in [0, 0.1) is 18.8 Å². The number of carbonyl (C=O) groups is 3. The minimum Gasteiger partial charge on any atom is -0.356 e. The number of hydrogen-bond donors (Lipinski definition) is 2. The Kier molecular flexibility index (Phi) is 17.9. The minimum absolute atomic E-state index is 0.0722. The van der Waals surface area contributed by atoms with Crippen molar-refractivity contribution < 1.29 is 14.4 Å². The molecule has 208 valence electrons. The number of thiazole rings is 1. The van der Waals surface area contributed by atoms with Crippen LogP contribution in [0.2, 0.25) is 0 Å². The summed E-state index contributed by atoms with van der Waals surface area (Å²) in [5.41, 5.74) is 5.06. The van der Waals surface area contributed by atoms with Crippen LogP contribution in [-0.2, 0) is 20.9 Å². The van der Waals surface area contributed by atoms with E-state index >= 15 is 0 Å². The molecule has 1 aromatic carbocycles. The Balaban J connectivity index is 0.000000773. The average molecular weight is 533 g/mol. The molecule has 2 N–H and O–H groups in total. The van der Waals surface area contributed by atoms with Crippen LogP contribution in [0.4, 0.5) is 0 Å². The number of nitrogens with zero attached hydrogens (tertiary/aromatic N) is 2. The fourth-order valence-corrected chi connectivity index (χ4v) is 4.05. The van der Waals surface area contributed by atoms with E-state index in [9.17, 15) is 14.4 Å². The van der Waals surface area contributed by atoms with Crippen LogP contribution < -0.4 is 10.6 Å². The second-order valence-corrected chi connectivity index (χ2v) is 10.3. The predicted octanol–water partition coefficient (Wildman–Crippen LogP) is 5.82. The van der Waals surface area contributed by atoms with E-state index in [0.29, 0.717) is 13.1 Å².